The van der Waals surface area contributed by atoms with Crippen LogP contribution in [-0.2, 0) is 12.8 Å². The van der Waals surface area contributed by atoms with Crippen LogP contribution < -0.4 is 11.5 Å². The zero-order chi connectivity index (χ0) is 14.4. The molecule has 0 unspecified atom stereocenters. The van der Waals surface area contributed by atoms with Crippen LogP contribution in [0.15, 0.2) is 30.3 Å². The van der Waals surface area contributed by atoms with Gasteiger partial charge < -0.3 is 11.5 Å². The number of nitrogens with zero attached hydrogens (tertiary/aromatic N) is 3. The Kier molecular flexibility index (Phi) is 2.65. The molecular weight excluding hydrogens is 282 g/mol. The van der Waals surface area contributed by atoms with Crippen LogP contribution in [0.5, 0.6) is 0 Å². The molecule has 6 heteroatoms. The lowest BCUT2D eigenvalue weighted by molar-refractivity contribution is 0.893. The van der Waals surface area contributed by atoms with Gasteiger partial charge in [0.05, 0.1) is 22.0 Å². The van der Waals surface area contributed by atoms with Gasteiger partial charge >= 0.3 is 0 Å². The molecule has 4 rings (SSSR count). The molecule has 4 N–H and O–H groups in total. The lowest BCUT2D eigenvalue weighted by atomic mass is 9.94. The molecule has 0 bridgehead atoms. The van der Waals surface area contributed by atoms with Crippen molar-refractivity contribution in [3.05, 3.63) is 41.6 Å². The Bertz CT molecular complexity index is 826. The summed E-state index contributed by atoms with van der Waals surface area (Å²) in [5, 5.41) is 0.575. The number of anilines is 2. The number of hydrogen-bond donors (Lipinski definition) is 2. The summed E-state index contributed by atoms with van der Waals surface area (Å²) in [4.78, 5) is 14.3. The Morgan fingerprint density at radius 3 is 2.48 bits per heavy atom. The maximum Gasteiger partial charge on any atom is 0.221 e. The van der Waals surface area contributed by atoms with Crippen molar-refractivity contribution in [2.75, 3.05) is 11.5 Å². The topological polar surface area (TPSA) is 90.7 Å². The number of aryl methyl sites for hydroxylation is 1. The normalized spacial score (nSPS) is 12.8. The molecule has 0 atom stereocenters. The second-order valence-electron chi connectivity index (χ2n) is 4.95. The first-order valence-electron chi connectivity index (χ1n) is 6.70. The second-order valence-corrected chi connectivity index (χ2v) is 5.98. The van der Waals surface area contributed by atoms with Gasteiger partial charge in [-0.3, -0.25) is 0 Å². The first-order valence-corrected chi connectivity index (χ1v) is 7.51. The maximum absolute atomic E-state index is 5.91. The third-order valence-electron chi connectivity index (χ3n) is 3.61. The van der Waals surface area contributed by atoms with Crippen LogP contribution in [0.4, 0.5) is 11.1 Å². The van der Waals surface area contributed by atoms with E-state index >= 15 is 0 Å². The molecule has 1 aliphatic carbocycles. The molecule has 2 aromatic heterocycles. The third-order valence-corrected chi connectivity index (χ3v) is 4.55. The quantitative estimate of drug-likeness (QED) is 0.720. The van der Waals surface area contributed by atoms with Crippen LogP contribution >= 0.6 is 11.3 Å². The minimum atomic E-state index is 0.285. The van der Waals surface area contributed by atoms with Gasteiger partial charge in [-0.2, -0.15) is 0 Å². The second kappa shape index (κ2) is 4.53. The molecule has 2 heterocycles. The molecular formula is C15H13N5S. The molecule has 5 nitrogen and oxygen atoms in total. The van der Waals surface area contributed by atoms with E-state index in [0.717, 1.165) is 45.9 Å². The van der Waals surface area contributed by atoms with Gasteiger partial charge in [0.15, 0.2) is 5.13 Å². The summed E-state index contributed by atoms with van der Waals surface area (Å²) in [6, 6.07) is 10.1. The Labute approximate surface area is 125 Å². The number of aromatic nitrogens is 3. The van der Waals surface area contributed by atoms with E-state index in [1.165, 1.54) is 11.3 Å². The summed E-state index contributed by atoms with van der Waals surface area (Å²) in [6.07, 6.45) is 1.72. The highest BCUT2D eigenvalue weighted by Gasteiger charge is 2.25. The van der Waals surface area contributed by atoms with Crippen molar-refractivity contribution in [1.29, 1.82) is 0 Å². The number of fused-ring (bicyclic) bond motifs is 3. The van der Waals surface area contributed by atoms with Crippen molar-refractivity contribution >= 4 is 22.4 Å². The Morgan fingerprint density at radius 2 is 1.67 bits per heavy atom. The molecule has 0 saturated carbocycles. The average Bonchev–Trinajstić information content (AvgIpc) is 2.88. The van der Waals surface area contributed by atoms with Gasteiger partial charge in [0.25, 0.3) is 0 Å². The molecule has 0 amide bonds. The van der Waals surface area contributed by atoms with Gasteiger partial charge in [0.2, 0.25) is 5.95 Å². The SMILES string of the molecule is Nc1nc(-c2ccccc2)c2c(n1)-c1sc(N)nc1CC2. The molecule has 0 saturated heterocycles. The standard InChI is InChI=1S/C15H13N5S/c16-14-19-11(8-4-2-1-3-5-8)9-6-7-10-13(12(9)20-14)21-15(17)18-10/h1-5H,6-7H2,(H2,17,18)(H2,16,19,20). The predicted octanol–water partition coefficient (Wildman–Crippen LogP) is 2.53. The number of nitrogens with two attached hydrogens (primary N) is 2. The number of benzene rings is 1. The van der Waals surface area contributed by atoms with Crippen molar-refractivity contribution in [3.63, 3.8) is 0 Å². The van der Waals surface area contributed by atoms with Crippen LogP contribution in [0.3, 0.4) is 0 Å². The molecule has 0 aliphatic heterocycles. The minimum absolute atomic E-state index is 0.285. The predicted molar refractivity (Wildman–Crippen MR) is 84.8 cm³/mol. The van der Waals surface area contributed by atoms with Crippen LogP contribution in [0.1, 0.15) is 11.3 Å². The van der Waals surface area contributed by atoms with Gasteiger partial charge in [-0.15, -0.1) is 0 Å². The van der Waals surface area contributed by atoms with E-state index in [-0.39, 0.29) is 5.95 Å². The summed E-state index contributed by atoms with van der Waals surface area (Å²) in [6.45, 7) is 0. The molecule has 0 fully saturated rings. The Balaban J connectivity index is 1.99. The van der Waals surface area contributed by atoms with Crippen molar-refractivity contribution in [2.24, 2.45) is 0 Å². The number of thiazole rings is 1. The number of nitrogen functional groups attached to an aromatic ring is 2. The van der Waals surface area contributed by atoms with Gasteiger partial charge in [-0.25, -0.2) is 15.0 Å². The molecule has 1 aliphatic rings. The lowest BCUT2D eigenvalue weighted by Crippen LogP contribution is -2.10. The van der Waals surface area contributed by atoms with Crippen LogP contribution in [0.25, 0.3) is 21.8 Å². The van der Waals surface area contributed by atoms with E-state index in [0.29, 0.717) is 5.13 Å². The fourth-order valence-corrected chi connectivity index (χ4v) is 3.62. The Morgan fingerprint density at radius 1 is 0.905 bits per heavy atom. The smallest absolute Gasteiger partial charge is 0.221 e. The highest BCUT2D eigenvalue weighted by atomic mass is 32.1. The van der Waals surface area contributed by atoms with Crippen molar-refractivity contribution < 1.29 is 0 Å². The van der Waals surface area contributed by atoms with Crippen LogP contribution in [-0.4, -0.2) is 15.0 Å². The molecule has 1 aromatic carbocycles. The summed E-state index contributed by atoms with van der Waals surface area (Å²) in [5.41, 5.74) is 16.8. The molecule has 3 aromatic rings. The largest absolute Gasteiger partial charge is 0.375 e. The first kappa shape index (κ1) is 12.3. The molecule has 0 spiro atoms. The summed E-state index contributed by atoms with van der Waals surface area (Å²) < 4.78 is 0. The van der Waals surface area contributed by atoms with Crippen molar-refractivity contribution in [3.8, 4) is 21.8 Å². The van der Waals surface area contributed by atoms with E-state index in [2.05, 4.69) is 15.0 Å². The molecule has 0 radical (unpaired) electrons. The zero-order valence-corrected chi connectivity index (χ0v) is 12.0. The van der Waals surface area contributed by atoms with Crippen LogP contribution in [0, 0.1) is 0 Å². The van der Waals surface area contributed by atoms with Crippen LogP contribution in [0.2, 0.25) is 0 Å². The fraction of sp³-hybridized carbons (Fsp3) is 0.133. The zero-order valence-electron chi connectivity index (χ0n) is 11.2. The monoisotopic (exact) mass is 295 g/mol. The summed E-state index contributed by atoms with van der Waals surface area (Å²) in [5.74, 6) is 0.285. The van der Waals surface area contributed by atoms with E-state index in [1.807, 2.05) is 30.3 Å². The number of rotatable bonds is 1. The number of hydrogen-bond acceptors (Lipinski definition) is 6. The van der Waals surface area contributed by atoms with Gasteiger partial charge in [0, 0.05) is 11.1 Å². The minimum Gasteiger partial charge on any atom is -0.375 e. The van der Waals surface area contributed by atoms with E-state index < -0.39 is 0 Å². The van der Waals surface area contributed by atoms with Gasteiger partial charge in [0.1, 0.15) is 0 Å². The van der Waals surface area contributed by atoms with Gasteiger partial charge in [-0.1, -0.05) is 41.7 Å². The summed E-state index contributed by atoms with van der Waals surface area (Å²) in [7, 11) is 0. The Hall–Kier alpha value is -2.47. The van der Waals surface area contributed by atoms with Gasteiger partial charge in [-0.05, 0) is 12.8 Å². The lowest BCUT2D eigenvalue weighted by Gasteiger charge is -2.17. The van der Waals surface area contributed by atoms with Crippen molar-refractivity contribution in [1.82, 2.24) is 15.0 Å². The highest BCUT2D eigenvalue weighted by Crippen LogP contribution is 2.40. The maximum atomic E-state index is 5.91. The molecule has 21 heavy (non-hydrogen) atoms. The van der Waals surface area contributed by atoms with E-state index in [9.17, 15) is 0 Å². The highest BCUT2D eigenvalue weighted by molar-refractivity contribution is 7.18. The fourth-order valence-electron chi connectivity index (χ4n) is 2.73. The third kappa shape index (κ3) is 1.95. The van der Waals surface area contributed by atoms with E-state index in [1.54, 1.807) is 0 Å². The summed E-state index contributed by atoms with van der Waals surface area (Å²) >= 11 is 1.47. The van der Waals surface area contributed by atoms with Crippen molar-refractivity contribution in [2.45, 2.75) is 12.8 Å². The molecule has 104 valence electrons. The average molecular weight is 295 g/mol. The van der Waals surface area contributed by atoms with E-state index in [4.69, 9.17) is 11.5 Å². The first-order chi connectivity index (χ1) is 10.2.